The van der Waals surface area contributed by atoms with Gasteiger partial charge in [0.2, 0.25) is 5.91 Å². The Labute approximate surface area is 194 Å². The Kier molecular flexibility index (Phi) is 6.39. The van der Waals surface area contributed by atoms with Gasteiger partial charge in [-0.15, -0.1) is 0 Å². The number of carboxylic acid groups (broad SMARTS) is 1. The number of ether oxygens (including phenoxy) is 1. The van der Waals surface area contributed by atoms with Crippen molar-refractivity contribution in [2.75, 3.05) is 32.8 Å². The Hall–Kier alpha value is -3.37. The van der Waals surface area contributed by atoms with E-state index in [2.05, 4.69) is 0 Å². The van der Waals surface area contributed by atoms with Crippen molar-refractivity contribution < 1.29 is 29.0 Å². The van der Waals surface area contributed by atoms with Crippen LogP contribution in [0.15, 0.2) is 35.2 Å². The maximum atomic E-state index is 12.9. The second-order valence-corrected chi connectivity index (χ2v) is 8.77. The van der Waals surface area contributed by atoms with Gasteiger partial charge in [-0.3, -0.25) is 19.3 Å². The van der Waals surface area contributed by atoms with Gasteiger partial charge in [-0.1, -0.05) is 0 Å². The van der Waals surface area contributed by atoms with Gasteiger partial charge in [0.05, 0.1) is 23.7 Å². The van der Waals surface area contributed by atoms with Gasteiger partial charge in [-0.25, -0.2) is 4.79 Å². The Morgan fingerprint density at radius 2 is 1.79 bits per heavy atom. The molecule has 1 N–H and O–H groups in total. The van der Waals surface area contributed by atoms with E-state index < -0.39 is 17.1 Å². The molecule has 172 valence electrons. The van der Waals surface area contributed by atoms with Crippen LogP contribution in [0, 0.1) is 13.8 Å². The molecule has 10 heteroatoms. The molecule has 0 radical (unpaired) electrons. The number of morpholine rings is 1. The van der Waals surface area contributed by atoms with Crippen LogP contribution in [-0.2, 0) is 14.3 Å². The quantitative estimate of drug-likeness (QED) is 0.671. The topological polar surface area (TPSA) is 109 Å². The lowest BCUT2D eigenvalue weighted by molar-refractivity contribution is -0.139. The third kappa shape index (κ3) is 4.57. The zero-order chi connectivity index (χ0) is 23.7. The second kappa shape index (κ2) is 9.24. The molecular formula is C23H23N3O6S. The largest absolute Gasteiger partial charge is 0.478 e. The lowest BCUT2D eigenvalue weighted by Crippen LogP contribution is -2.46. The van der Waals surface area contributed by atoms with E-state index in [1.807, 2.05) is 24.5 Å². The van der Waals surface area contributed by atoms with Crippen LogP contribution in [0.5, 0.6) is 0 Å². The molecule has 1 aromatic heterocycles. The summed E-state index contributed by atoms with van der Waals surface area (Å²) in [5, 5.41) is 8.64. The van der Waals surface area contributed by atoms with E-state index in [4.69, 9.17) is 9.84 Å². The minimum atomic E-state index is -0.994. The van der Waals surface area contributed by atoms with E-state index in [-0.39, 0.29) is 22.9 Å². The number of thioether (sulfide) groups is 1. The smallest absolute Gasteiger partial charge is 0.335 e. The van der Waals surface area contributed by atoms with E-state index in [9.17, 15) is 19.2 Å². The lowest BCUT2D eigenvalue weighted by atomic mass is 10.2. The Morgan fingerprint density at radius 1 is 1.12 bits per heavy atom. The molecule has 9 nitrogen and oxygen atoms in total. The number of benzene rings is 1. The first-order valence-electron chi connectivity index (χ1n) is 10.4. The molecule has 2 aliphatic heterocycles. The van der Waals surface area contributed by atoms with Gasteiger partial charge in [0.25, 0.3) is 11.1 Å². The summed E-state index contributed by atoms with van der Waals surface area (Å²) in [4.78, 5) is 51.8. The van der Waals surface area contributed by atoms with Gasteiger partial charge in [0.15, 0.2) is 0 Å². The van der Waals surface area contributed by atoms with Crippen LogP contribution < -0.4 is 0 Å². The molecule has 4 rings (SSSR count). The standard InChI is InChI=1S/C23H23N3O6S/c1-14-11-17(15(2)26(14)18-5-3-16(4-6-18)22(29)30)12-19-21(28)25(23(31)33-19)13-20(27)24-7-9-32-10-8-24/h3-6,11-12H,7-10,13H2,1-2H3,(H,29,30)/b19-12-. The summed E-state index contributed by atoms with van der Waals surface area (Å²) in [6, 6.07) is 8.41. The highest BCUT2D eigenvalue weighted by Gasteiger charge is 2.37. The number of amides is 3. The number of carbonyl (C=O) groups is 4. The molecule has 0 unspecified atom stereocenters. The highest BCUT2D eigenvalue weighted by atomic mass is 32.2. The SMILES string of the molecule is Cc1cc(/C=C2\SC(=O)N(CC(=O)N3CCOCC3)C2=O)c(C)n1-c1ccc(C(=O)O)cc1. The number of aromatic carboxylic acids is 1. The number of carbonyl (C=O) groups excluding carboxylic acids is 3. The number of nitrogens with zero attached hydrogens (tertiary/aromatic N) is 3. The van der Waals surface area contributed by atoms with Crippen molar-refractivity contribution in [3.63, 3.8) is 0 Å². The van der Waals surface area contributed by atoms with Gasteiger partial charge >= 0.3 is 5.97 Å². The van der Waals surface area contributed by atoms with Gasteiger partial charge in [0, 0.05) is 30.2 Å². The number of aryl methyl sites for hydroxylation is 1. The third-order valence-electron chi connectivity index (χ3n) is 5.66. The van der Waals surface area contributed by atoms with E-state index in [1.165, 1.54) is 12.1 Å². The van der Waals surface area contributed by atoms with Crippen molar-refractivity contribution in [3.05, 3.63) is 57.8 Å². The molecule has 3 heterocycles. The van der Waals surface area contributed by atoms with Crippen molar-refractivity contribution >= 4 is 40.9 Å². The summed E-state index contributed by atoms with van der Waals surface area (Å²) < 4.78 is 7.18. The summed E-state index contributed by atoms with van der Waals surface area (Å²) in [7, 11) is 0. The average molecular weight is 470 g/mol. The zero-order valence-electron chi connectivity index (χ0n) is 18.2. The van der Waals surface area contributed by atoms with Gasteiger partial charge in [0.1, 0.15) is 6.54 Å². The summed E-state index contributed by atoms with van der Waals surface area (Å²) >= 11 is 0.819. The van der Waals surface area contributed by atoms with E-state index in [1.54, 1.807) is 23.1 Å². The maximum absolute atomic E-state index is 12.9. The van der Waals surface area contributed by atoms with Crippen LogP contribution in [0.25, 0.3) is 11.8 Å². The van der Waals surface area contributed by atoms with E-state index in [0.717, 1.165) is 39.3 Å². The highest BCUT2D eigenvalue weighted by molar-refractivity contribution is 8.18. The monoisotopic (exact) mass is 469 g/mol. The van der Waals surface area contributed by atoms with E-state index in [0.29, 0.717) is 26.3 Å². The number of rotatable bonds is 5. The summed E-state index contributed by atoms with van der Waals surface area (Å²) in [6.45, 7) is 5.30. The average Bonchev–Trinajstić information content (AvgIpc) is 3.23. The molecule has 0 atom stereocenters. The zero-order valence-corrected chi connectivity index (χ0v) is 19.1. The summed E-state index contributed by atoms with van der Waals surface area (Å²) in [5.74, 6) is -1.75. The van der Waals surface area contributed by atoms with Crippen molar-refractivity contribution in [2.45, 2.75) is 13.8 Å². The van der Waals surface area contributed by atoms with Gasteiger partial charge in [-0.2, -0.15) is 0 Å². The number of imide groups is 1. The van der Waals surface area contributed by atoms with Crippen LogP contribution in [0.2, 0.25) is 0 Å². The molecular weight excluding hydrogens is 446 g/mol. The third-order valence-corrected chi connectivity index (χ3v) is 6.57. The number of hydrogen-bond acceptors (Lipinski definition) is 6. The van der Waals surface area contributed by atoms with Gasteiger partial charge < -0.3 is 19.3 Å². The van der Waals surface area contributed by atoms with Gasteiger partial charge in [-0.05, 0) is 67.6 Å². The predicted octanol–water partition coefficient (Wildman–Crippen LogP) is 2.69. The minimum absolute atomic E-state index is 0.196. The van der Waals surface area contributed by atoms with Crippen LogP contribution >= 0.6 is 11.8 Å². The van der Waals surface area contributed by atoms with Crippen molar-refractivity contribution in [2.24, 2.45) is 0 Å². The number of carboxylic acids is 1. The van der Waals surface area contributed by atoms with Crippen LogP contribution in [0.1, 0.15) is 27.3 Å². The lowest BCUT2D eigenvalue weighted by Gasteiger charge is -2.28. The van der Waals surface area contributed by atoms with Crippen molar-refractivity contribution in [1.82, 2.24) is 14.4 Å². The first-order chi connectivity index (χ1) is 15.8. The molecule has 0 bridgehead atoms. The molecule has 2 aromatic rings. The fourth-order valence-corrected chi connectivity index (χ4v) is 4.74. The van der Waals surface area contributed by atoms with Crippen LogP contribution in [-0.4, -0.2) is 75.3 Å². The second-order valence-electron chi connectivity index (χ2n) is 7.77. The number of aromatic nitrogens is 1. The molecule has 0 spiro atoms. The van der Waals surface area contributed by atoms with E-state index >= 15 is 0 Å². The van der Waals surface area contributed by atoms with Crippen LogP contribution in [0.4, 0.5) is 4.79 Å². The fraction of sp³-hybridized carbons (Fsp3) is 0.304. The van der Waals surface area contributed by atoms with Crippen LogP contribution in [0.3, 0.4) is 0 Å². The normalized spacial score (nSPS) is 17.8. The molecule has 2 fully saturated rings. The van der Waals surface area contributed by atoms with Crippen molar-refractivity contribution in [1.29, 1.82) is 0 Å². The maximum Gasteiger partial charge on any atom is 0.335 e. The molecule has 1 aromatic carbocycles. The summed E-state index contributed by atoms with van der Waals surface area (Å²) in [6.07, 6.45) is 1.66. The molecule has 33 heavy (non-hydrogen) atoms. The Morgan fingerprint density at radius 3 is 2.42 bits per heavy atom. The molecule has 2 saturated heterocycles. The Balaban J connectivity index is 1.55. The first-order valence-corrected chi connectivity index (χ1v) is 11.2. The molecule has 0 saturated carbocycles. The Bertz CT molecular complexity index is 1160. The molecule has 0 aliphatic carbocycles. The first kappa shape index (κ1) is 22.8. The van der Waals surface area contributed by atoms with Crippen molar-refractivity contribution in [3.8, 4) is 5.69 Å². The molecule has 3 amide bonds. The summed E-state index contributed by atoms with van der Waals surface area (Å²) in [5.41, 5.74) is 3.48. The fourth-order valence-electron chi connectivity index (χ4n) is 3.91. The minimum Gasteiger partial charge on any atom is -0.478 e. The molecule has 2 aliphatic rings. The number of hydrogen-bond donors (Lipinski definition) is 1. The predicted molar refractivity (Wildman–Crippen MR) is 122 cm³/mol. The highest BCUT2D eigenvalue weighted by Crippen LogP contribution is 2.33.